The predicted octanol–water partition coefficient (Wildman–Crippen LogP) is 3.53. The molecule has 2 aromatic rings. The second-order valence-corrected chi connectivity index (χ2v) is 6.02. The number of hydrogen-bond acceptors (Lipinski definition) is 2. The second kappa shape index (κ2) is 8.48. The van der Waals surface area contributed by atoms with E-state index in [1.807, 2.05) is 24.3 Å². The first-order valence-electron chi connectivity index (χ1n) is 7.55. The van der Waals surface area contributed by atoms with Crippen LogP contribution in [0.1, 0.15) is 25.3 Å². The molecule has 4 nitrogen and oxygen atoms in total. The van der Waals surface area contributed by atoms with Crippen molar-refractivity contribution in [3.8, 4) is 0 Å². The van der Waals surface area contributed by atoms with E-state index < -0.39 is 0 Å². The Morgan fingerprint density at radius 3 is 2.78 bits per heavy atom. The summed E-state index contributed by atoms with van der Waals surface area (Å²) in [6.45, 7) is 2.65. The van der Waals surface area contributed by atoms with E-state index in [2.05, 4.69) is 28.2 Å². The molecule has 0 aliphatic carbocycles. The maximum atomic E-state index is 12.5. The Kier molecular flexibility index (Phi) is 6.35. The SMILES string of the molecule is CCCCNC(=O)C(=Cc1cccc(Br)c1)n1ccccc1=O. The third-order valence-electron chi connectivity index (χ3n) is 3.28. The fourth-order valence-electron chi connectivity index (χ4n) is 2.09. The van der Waals surface area contributed by atoms with Crippen LogP contribution in [0.3, 0.4) is 0 Å². The topological polar surface area (TPSA) is 51.1 Å². The van der Waals surface area contributed by atoms with E-state index in [4.69, 9.17) is 0 Å². The average Bonchev–Trinajstić information content (AvgIpc) is 2.53. The van der Waals surface area contributed by atoms with Gasteiger partial charge in [0.2, 0.25) is 0 Å². The number of hydrogen-bond donors (Lipinski definition) is 1. The molecule has 5 heteroatoms. The predicted molar refractivity (Wildman–Crippen MR) is 96.9 cm³/mol. The van der Waals surface area contributed by atoms with E-state index in [0.717, 1.165) is 22.9 Å². The summed E-state index contributed by atoms with van der Waals surface area (Å²) in [6.07, 6.45) is 5.22. The Hall–Kier alpha value is -2.14. The normalized spacial score (nSPS) is 11.3. The summed E-state index contributed by atoms with van der Waals surface area (Å²) in [4.78, 5) is 24.6. The molecule has 1 amide bonds. The van der Waals surface area contributed by atoms with Crippen LogP contribution in [-0.4, -0.2) is 17.0 Å². The zero-order chi connectivity index (χ0) is 16.7. The van der Waals surface area contributed by atoms with E-state index in [0.29, 0.717) is 12.2 Å². The van der Waals surface area contributed by atoms with Gasteiger partial charge in [0.05, 0.1) is 0 Å². The lowest BCUT2D eigenvalue weighted by atomic mass is 10.2. The minimum atomic E-state index is -0.258. The fraction of sp³-hybridized carbons (Fsp3) is 0.222. The van der Waals surface area contributed by atoms with Crippen molar-refractivity contribution in [2.24, 2.45) is 0 Å². The minimum absolute atomic E-state index is 0.237. The summed E-state index contributed by atoms with van der Waals surface area (Å²) in [6, 6.07) is 12.4. The number of nitrogens with zero attached hydrogens (tertiary/aromatic N) is 1. The molecule has 2 rings (SSSR count). The van der Waals surface area contributed by atoms with Crippen LogP contribution in [0.2, 0.25) is 0 Å². The molecule has 0 spiro atoms. The quantitative estimate of drug-likeness (QED) is 0.621. The molecule has 0 radical (unpaired) electrons. The van der Waals surface area contributed by atoms with Gasteiger partial charge >= 0.3 is 0 Å². The van der Waals surface area contributed by atoms with E-state index in [1.54, 1.807) is 24.4 Å². The Morgan fingerprint density at radius 2 is 2.09 bits per heavy atom. The van der Waals surface area contributed by atoms with Gasteiger partial charge in [0.25, 0.3) is 11.5 Å². The number of carbonyl (C=O) groups excluding carboxylic acids is 1. The molecule has 0 bridgehead atoms. The van der Waals surface area contributed by atoms with Crippen LogP contribution in [-0.2, 0) is 4.79 Å². The summed E-state index contributed by atoms with van der Waals surface area (Å²) < 4.78 is 2.28. The standard InChI is InChI=1S/C18H19BrN2O2/c1-2-3-10-20-18(23)16(21-11-5-4-9-17(21)22)13-14-7-6-8-15(19)12-14/h4-9,11-13H,2-3,10H2,1H3,(H,20,23). The van der Waals surface area contributed by atoms with Gasteiger partial charge in [-0.2, -0.15) is 0 Å². The Bertz CT molecular complexity index is 765. The average molecular weight is 375 g/mol. The smallest absolute Gasteiger partial charge is 0.268 e. The molecule has 0 unspecified atom stereocenters. The maximum Gasteiger partial charge on any atom is 0.268 e. The van der Waals surface area contributed by atoms with E-state index in [1.165, 1.54) is 10.6 Å². The number of amides is 1. The van der Waals surface area contributed by atoms with Crippen molar-refractivity contribution in [1.29, 1.82) is 0 Å². The molecule has 0 saturated carbocycles. The third kappa shape index (κ3) is 4.93. The summed E-state index contributed by atoms with van der Waals surface area (Å²) in [7, 11) is 0. The number of carbonyl (C=O) groups is 1. The first-order chi connectivity index (χ1) is 11.1. The third-order valence-corrected chi connectivity index (χ3v) is 3.78. The van der Waals surface area contributed by atoms with E-state index in [-0.39, 0.29) is 11.5 Å². The van der Waals surface area contributed by atoms with Crippen molar-refractivity contribution in [2.75, 3.05) is 6.54 Å². The first-order valence-corrected chi connectivity index (χ1v) is 8.34. The summed E-state index contributed by atoms with van der Waals surface area (Å²) >= 11 is 3.41. The molecular weight excluding hydrogens is 356 g/mol. The number of rotatable bonds is 6. The Balaban J connectivity index is 2.41. The molecule has 0 saturated heterocycles. The number of halogens is 1. The zero-order valence-electron chi connectivity index (χ0n) is 13.0. The van der Waals surface area contributed by atoms with Crippen LogP contribution >= 0.6 is 15.9 Å². The lowest BCUT2D eigenvalue weighted by Crippen LogP contribution is -2.31. The number of unbranched alkanes of at least 4 members (excludes halogenated alkanes) is 1. The minimum Gasteiger partial charge on any atom is -0.351 e. The lowest BCUT2D eigenvalue weighted by molar-refractivity contribution is -0.115. The maximum absolute atomic E-state index is 12.5. The van der Waals surface area contributed by atoms with Crippen molar-refractivity contribution in [3.63, 3.8) is 0 Å². The van der Waals surface area contributed by atoms with Gasteiger partial charge in [-0.3, -0.25) is 14.2 Å². The molecular formula is C18H19BrN2O2. The molecule has 120 valence electrons. The van der Waals surface area contributed by atoms with E-state index >= 15 is 0 Å². The monoisotopic (exact) mass is 374 g/mol. The van der Waals surface area contributed by atoms with Crippen LogP contribution < -0.4 is 10.9 Å². The number of nitrogens with one attached hydrogen (secondary N) is 1. The largest absolute Gasteiger partial charge is 0.351 e. The zero-order valence-corrected chi connectivity index (χ0v) is 14.5. The highest BCUT2D eigenvalue weighted by atomic mass is 79.9. The van der Waals surface area contributed by atoms with Crippen molar-refractivity contribution < 1.29 is 4.79 Å². The van der Waals surface area contributed by atoms with Crippen LogP contribution in [0.4, 0.5) is 0 Å². The number of pyridine rings is 1. The Labute approximate surface area is 144 Å². The van der Waals surface area contributed by atoms with Crippen LogP contribution in [0.5, 0.6) is 0 Å². The molecule has 0 atom stereocenters. The van der Waals surface area contributed by atoms with Crippen molar-refractivity contribution >= 4 is 33.6 Å². The van der Waals surface area contributed by atoms with Gasteiger partial charge in [-0.15, -0.1) is 0 Å². The van der Waals surface area contributed by atoms with Gasteiger partial charge in [0, 0.05) is 23.3 Å². The fourth-order valence-corrected chi connectivity index (χ4v) is 2.51. The highest BCUT2D eigenvalue weighted by Gasteiger charge is 2.12. The van der Waals surface area contributed by atoms with Crippen LogP contribution in [0, 0.1) is 0 Å². The lowest BCUT2D eigenvalue weighted by Gasteiger charge is -2.11. The van der Waals surface area contributed by atoms with Gasteiger partial charge in [0.1, 0.15) is 5.70 Å². The van der Waals surface area contributed by atoms with E-state index in [9.17, 15) is 9.59 Å². The molecule has 1 aromatic heterocycles. The highest BCUT2D eigenvalue weighted by Crippen LogP contribution is 2.16. The molecule has 0 aliphatic rings. The molecule has 1 N–H and O–H groups in total. The first kappa shape index (κ1) is 17.2. The van der Waals surface area contributed by atoms with Gasteiger partial charge in [-0.25, -0.2) is 0 Å². The van der Waals surface area contributed by atoms with Crippen molar-refractivity contribution in [1.82, 2.24) is 9.88 Å². The molecule has 0 fully saturated rings. The van der Waals surface area contributed by atoms with Gasteiger partial charge in [-0.1, -0.05) is 47.5 Å². The summed E-state index contributed by atoms with van der Waals surface area (Å²) in [5.74, 6) is -0.258. The van der Waals surface area contributed by atoms with Crippen LogP contribution in [0.15, 0.2) is 57.9 Å². The summed E-state index contributed by atoms with van der Waals surface area (Å²) in [5, 5.41) is 2.87. The van der Waals surface area contributed by atoms with Crippen molar-refractivity contribution in [2.45, 2.75) is 19.8 Å². The van der Waals surface area contributed by atoms with Gasteiger partial charge in [-0.05, 0) is 36.3 Å². The molecule has 1 aromatic carbocycles. The van der Waals surface area contributed by atoms with Gasteiger partial charge in [0.15, 0.2) is 0 Å². The summed E-state index contributed by atoms with van der Waals surface area (Å²) in [5.41, 5.74) is 0.917. The van der Waals surface area contributed by atoms with Gasteiger partial charge < -0.3 is 5.32 Å². The van der Waals surface area contributed by atoms with Crippen LogP contribution in [0.25, 0.3) is 11.8 Å². The Morgan fingerprint density at radius 1 is 1.26 bits per heavy atom. The number of aromatic nitrogens is 1. The van der Waals surface area contributed by atoms with Crippen molar-refractivity contribution in [3.05, 3.63) is 69.1 Å². The molecule has 0 aliphatic heterocycles. The molecule has 1 heterocycles. The second-order valence-electron chi connectivity index (χ2n) is 5.10. The highest BCUT2D eigenvalue weighted by molar-refractivity contribution is 9.10. The number of benzene rings is 1. The molecule has 23 heavy (non-hydrogen) atoms.